The fourth-order valence-electron chi connectivity index (χ4n) is 4.34. The smallest absolute Gasteiger partial charge is 0.319 e. The molecule has 1 unspecified atom stereocenters. The number of rotatable bonds is 4. The van der Waals surface area contributed by atoms with Crippen LogP contribution in [0.25, 0.3) is 0 Å². The van der Waals surface area contributed by atoms with Crippen molar-refractivity contribution in [2.45, 2.75) is 29.7 Å². The SMILES string of the molecule is CCN1c2ccccc2Sc2cc(C3NC(=O)NC(C)=C3C(=O)Nc3ccccc3)ccc21. The predicted octanol–water partition coefficient (Wildman–Crippen LogP) is 5.58. The predicted molar refractivity (Wildman–Crippen MR) is 132 cm³/mol. The van der Waals surface area contributed by atoms with Crippen molar-refractivity contribution in [2.75, 3.05) is 16.8 Å². The number of allylic oxidation sites excluding steroid dienone is 1. The van der Waals surface area contributed by atoms with Crippen LogP contribution in [0.1, 0.15) is 25.5 Å². The Bertz CT molecular complexity index is 1270. The highest BCUT2D eigenvalue weighted by Crippen LogP contribution is 2.48. The number of nitrogens with one attached hydrogen (secondary N) is 3. The topological polar surface area (TPSA) is 73.5 Å². The fourth-order valence-corrected chi connectivity index (χ4v) is 5.48. The second-order valence-electron chi connectivity index (χ2n) is 7.93. The molecule has 0 aliphatic carbocycles. The van der Waals surface area contributed by atoms with Crippen molar-refractivity contribution in [1.82, 2.24) is 10.6 Å². The van der Waals surface area contributed by atoms with Crippen LogP contribution in [-0.4, -0.2) is 18.5 Å². The lowest BCUT2D eigenvalue weighted by atomic mass is 9.94. The van der Waals surface area contributed by atoms with Crippen molar-refractivity contribution in [3.63, 3.8) is 0 Å². The zero-order chi connectivity index (χ0) is 22.9. The molecule has 3 N–H and O–H groups in total. The maximum atomic E-state index is 13.2. The Morgan fingerprint density at radius 1 is 1.00 bits per heavy atom. The zero-order valence-corrected chi connectivity index (χ0v) is 19.2. The number of benzene rings is 3. The highest BCUT2D eigenvalue weighted by atomic mass is 32.2. The molecule has 0 saturated carbocycles. The monoisotopic (exact) mass is 456 g/mol. The summed E-state index contributed by atoms with van der Waals surface area (Å²) >= 11 is 1.71. The van der Waals surface area contributed by atoms with Gasteiger partial charge in [0.05, 0.1) is 23.0 Å². The molecule has 1 atom stereocenters. The molecule has 0 radical (unpaired) electrons. The number of carbonyl (C=O) groups excluding carboxylic acids is 2. The van der Waals surface area contributed by atoms with E-state index in [1.165, 1.54) is 10.6 Å². The number of anilines is 3. The largest absolute Gasteiger partial charge is 0.340 e. The Morgan fingerprint density at radius 2 is 1.73 bits per heavy atom. The van der Waals surface area contributed by atoms with Gasteiger partial charge in [0, 0.05) is 27.7 Å². The minimum absolute atomic E-state index is 0.248. The number of carbonyl (C=O) groups is 2. The van der Waals surface area contributed by atoms with Crippen LogP contribution in [0.2, 0.25) is 0 Å². The number of nitrogens with zero attached hydrogens (tertiary/aromatic N) is 1. The van der Waals surface area contributed by atoms with Crippen LogP contribution in [0.15, 0.2) is 93.9 Å². The summed E-state index contributed by atoms with van der Waals surface area (Å²) in [7, 11) is 0. The average Bonchev–Trinajstić information content (AvgIpc) is 2.82. The molecule has 33 heavy (non-hydrogen) atoms. The molecule has 3 aromatic rings. The molecule has 7 heteroatoms. The van der Waals surface area contributed by atoms with E-state index in [1.54, 1.807) is 18.7 Å². The lowest BCUT2D eigenvalue weighted by Crippen LogP contribution is -2.46. The number of hydrogen-bond acceptors (Lipinski definition) is 4. The summed E-state index contributed by atoms with van der Waals surface area (Å²) in [5.41, 5.74) is 4.93. The van der Waals surface area contributed by atoms with Crippen molar-refractivity contribution < 1.29 is 9.59 Å². The third-order valence-corrected chi connectivity index (χ3v) is 6.96. The lowest BCUT2D eigenvalue weighted by molar-refractivity contribution is -0.113. The first-order chi connectivity index (χ1) is 16.0. The molecule has 5 rings (SSSR count). The summed E-state index contributed by atoms with van der Waals surface area (Å²) in [6.07, 6.45) is 0. The van der Waals surface area contributed by atoms with Crippen molar-refractivity contribution in [2.24, 2.45) is 0 Å². The van der Waals surface area contributed by atoms with Gasteiger partial charge >= 0.3 is 6.03 Å². The molecule has 3 aromatic carbocycles. The van der Waals surface area contributed by atoms with Gasteiger partial charge in [0.1, 0.15) is 0 Å². The Balaban J connectivity index is 1.52. The van der Waals surface area contributed by atoms with Gasteiger partial charge in [-0.15, -0.1) is 0 Å². The van der Waals surface area contributed by atoms with Crippen molar-refractivity contribution >= 4 is 40.8 Å². The first-order valence-corrected chi connectivity index (χ1v) is 11.7. The van der Waals surface area contributed by atoms with E-state index in [-0.39, 0.29) is 11.9 Å². The summed E-state index contributed by atoms with van der Waals surface area (Å²) < 4.78 is 0. The molecule has 3 amide bonds. The third kappa shape index (κ3) is 3.96. The van der Waals surface area contributed by atoms with Gasteiger partial charge in [-0.3, -0.25) is 4.79 Å². The van der Waals surface area contributed by atoms with Crippen molar-refractivity contribution in [3.05, 3.63) is 89.6 Å². The third-order valence-electron chi connectivity index (χ3n) is 5.85. The van der Waals surface area contributed by atoms with Gasteiger partial charge in [0.2, 0.25) is 0 Å². The molecule has 166 valence electrons. The second kappa shape index (κ2) is 8.67. The highest BCUT2D eigenvalue weighted by Gasteiger charge is 2.32. The quantitative estimate of drug-likeness (QED) is 0.479. The number of hydrogen-bond donors (Lipinski definition) is 3. The van der Waals surface area contributed by atoms with Gasteiger partial charge in [0.15, 0.2) is 0 Å². The number of urea groups is 1. The van der Waals surface area contributed by atoms with Crippen LogP contribution in [0.5, 0.6) is 0 Å². The lowest BCUT2D eigenvalue weighted by Gasteiger charge is -2.33. The van der Waals surface area contributed by atoms with Crippen LogP contribution in [-0.2, 0) is 4.79 Å². The van der Waals surface area contributed by atoms with Crippen LogP contribution in [0, 0.1) is 0 Å². The number of amides is 3. The Kier molecular flexibility index (Phi) is 5.56. The molecule has 0 aromatic heterocycles. The Labute approximate surface area is 197 Å². The van der Waals surface area contributed by atoms with Gasteiger partial charge in [-0.25, -0.2) is 4.79 Å². The van der Waals surface area contributed by atoms with Crippen LogP contribution >= 0.6 is 11.8 Å². The summed E-state index contributed by atoms with van der Waals surface area (Å²) in [5, 5.41) is 8.63. The minimum atomic E-state index is -0.555. The second-order valence-corrected chi connectivity index (χ2v) is 9.02. The van der Waals surface area contributed by atoms with E-state index in [0.717, 1.165) is 22.7 Å². The van der Waals surface area contributed by atoms with Gasteiger partial charge in [-0.2, -0.15) is 0 Å². The van der Waals surface area contributed by atoms with E-state index >= 15 is 0 Å². The van der Waals surface area contributed by atoms with Crippen LogP contribution in [0.4, 0.5) is 21.9 Å². The molecule has 6 nitrogen and oxygen atoms in total. The molecule has 2 heterocycles. The highest BCUT2D eigenvalue weighted by molar-refractivity contribution is 7.99. The molecule has 0 saturated heterocycles. The summed E-state index contributed by atoms with van der Waals surface area (Å²) in [4.78, 5) is 30.2. The van der Waals surface area contributed by atoms with Crippen molar-refractivity contribution in [3.8, 4) is 0 Å². The Hall–Kier alpha value is -3.71. The van der Waals surface area contributed by atoms with E-state index in [4.69, 9.17) is 0 Å². The van der Waals surface area contributed by atoms with E-state index < -0.39 is 6.04 Å². The molecule has 0 spiro atoms. The number of fused-ring (bicyclic) bond motifs is 2. The average molecular weight is 457 g/mol. The van der Waals surface area contributed by atoms with E-state index in [2.05, 4.69) is 58.1 Å². The molecular weight excluding hydrogens is 432 g/mol. The maximum absolute atomic E-state index is 13.2. The van der Waals surface area contributed by atoms with E-state index in [9.17, 15) is 9.59 Å². The number of para-hydroxylation sites is 2. The van der Waals surface area contributed by atoms with Gasteiger partial charge in [-0.05, 0) is 55.8 Å². The van der Waals surface area contributed by atoms with Gasteiger partial charge in [0.25, 0.3) is 5.91 Å². The Morgan fingerprint density at radius 3 is 2.52 bits per heavy atom. The first kappa shape index (κ1) is 21.2. The van der Waals surface area contributed by atoms with Gasteiger partial charge < -0.3 is 20.9 Å². The summed E-state index contributed by atoms with van der Waals surface area (Å²) in [5.74, 6) is -0.248. The normalized spacial score (nSPS) is 17.0. The standard InChI is InChI=1S/C26H24N4O2S/c1-3-30-19-11-7-8-12-21(19)33-22-15-17(13-14-20(22)30)24-23(16(2)27-26(32)29-24)25(31)28-18-9-5-4-6-10-18/h4-15,24H,3H2,1-2H3,(H,28,31)(H2,27,29,32). The van der Waals surface area contributed by atoms with Crippen LogP contribution < -0.4 is 20.9 Å². The van der Waals surface area contributed by atoms with Crippen LogP contribution in [0.3, 0.4) is 0 Å². The van der Waals surface area contributed by atoms with E-state index in [1.807, 2.05) is 42.5 Å². The van der Waals surface area contributed by atoms with Gasteiger partial charge in [-0.1, -0.05) is 48.2 Å². The molecule has 2 aliphatic rings. The minimum Gasteiger partial charge on any atom is -0.340 e. The fraction of sp³-hybridized carbons (Fsp3) is 0.154. The molecular formula is C26H24N4O2S. The zero-order valence-electron chi connectivity index (χ0n) is 18.4. The van der Waals surface area contributed by atoms with Crippen molar-refractivity contribution in [1.29, 1.82) is 0 Å². The summed E-state index contributed by atoms with van der Waals surface area (Å²) in [6.45, 7) is 4.74. The van der Waals surface area contributed by atoms with E-state index in [0.29, 0.717) is 17.0 Å². The molecule has 2 aliphatic heterocycles. The first-order valence-electron chi connectivity index (χ1n) is 10.9. The molecule has 0 bridgehead atoms. The molecule has 0 fully saturated rings. The maximum Gasteiger partial charge on any atom is 0.319 e. The summed E-state index contributed by atoms with van der Waals surface area (Å²) in [6, 6.07) is 22.9.